The maximum Gasteiger partial charge on any atom is 0.407 e. The highest BCUT2D eigenvalue weighted by Crippen LogP contribution is 2.41. The number of carboxylic acid groups (broad SMARTS) is 2. The van der Waals surface area contributed by atoms with E-state index in [4.69, 9.17) is 10.2 Å². The number of carboxylic acids is 1. The molecule has 2 atom stereocenters. The van der Waals surface area contributed by atoms with Crippen molar-refractivity contribution in [3.8, 4) is 0 Å². The van der Waals surface area contributed by atoms with E-state index in [1.165, 1.54) is 4.90 Å². The van der Waals surface area contributed by atoms with Crippen molar-refractivity contribution in [1.29, 1.82) is 0 Å². The van der Waals surface area contributed by atoms with Gasteiger partial charge >= 0.3 is 12.1 Å². The van der Waals surface area contributed by atoms with Crippen molar-refractivity contribution < 1.29 is 19.8 Å². The van der Waals surface area contributed by atoms with E-state index in [-0.39, 0.29) is 17.8 Å². The second-order valence-electron chi connectivity index (χ2n) is 4.15. The fraction of sp³-hybridized carbons (Fsp3) is 0.778. The van der Waals surface area contributed by atoms with E-state index >= 15 is 0 Å². The minimum Gasteiger partial charge on any atom is -0.481 e. The van der Waals surface area contributed by atoms with Crippen molar-refractivity contribution in [1.82, 2.24) is 4.90 Å². The zero-order chi connectivity index (χ0) is 10.3. The lowest BCUT2D eigenvalue weighted by Gasteiger charge is -2.34. The third-order valence-electron chi connectivity index (χ3n) is 3.39. The molecule has 1 amide bonds. The van der Waals surface area contributed by atoms with Gasteiger partial charge in [-0.3, -0.25) is 4.79 Å². The van der Waals surface area contributed by atoms with Crippen LogP contribution < -0.4 is 0 Å². The third kappa shape index (κ3) is 1.32. The van der Waals surface area contributed by atoms with Crippen LogP contribution in [0.15, 0.2) is 0 Å². The van der Waals surface area contributed by atoms with Gasteiger partial charge in [0.25, 0.3) is 0 Å². The summed E-state index contributed by atoms with van der Waals surface area (Å²) in [6.07, 6.45) is 0.780. The Morgan fingerprint density at radius 1 is 1.07 bits per heavy atom. The molecular weight excluding hydrogens is 186 g/mol. The molecule has 1 saturated heterocycles. The smallest absolute Gasteiger partial charge is 0.407 e. The summed E-state index contributed by atoms with van der Waals surface area (Å²) in [4.78, 5) is 23.0. The maximum absolute atomic E-state index is 10.9. The van der Waals surface area contributed by atoms with Gasteiger partial charge in [-0.25, -0.2) is 4.79 Å². The second-order valence-corrected chi connectivity index (χ2v) is 4.15. The summed E-state index contributed by atoms with van der Waals surface area (Å²) in [7, 11) is 0. The molecule has 2 fully saturated rings. The molecule has 5 heteroatoms. The molecule has 1 aliphatic heterocycles. The maximum atomic E-state index is 10.9. The number of fused-ring (bicyclic) bond motifs is 2. The van der Waals surface area contributed by atoms with Gasteiger partial charge in [0, 0.05) is 13.1 Å². The number of piperidine rings is 1. The summed E-state index contributed by atoms with van der Waals surface area (Å²) >= 11 is 0. The molecule has 0 aromatic heterocycles. The van der Waals surface area contributed by atoms with E-state index in [0.717, 1.165) is 12.8 Å². The Hall–Kier alpha value is -1.26. The fourth-order valence-corrected chi connectivity index (χ4v) is 2.78. The Bertz CT molecular complexity index is 264. The minimum absolute atomic E-state index is 0.0300. The zero-order valence-electron chi connectivity index (χ0n) is 7.72. The molecule has 0 aromatic rings. The number of aliphatic carboxylic acids is 1. The van der Waals surface area contributed by atoms with Crippen LogP contribution in [0, 0.1) is 17.8 Å². The Labute approximate surface area is 81.3 Å². The average molecular weight is 199 g/mol. The molecule has 5 nitrogen and oxygen atoms in total. The highest BCUT2D eigenvalue weighted by atomic mass is 16.4. The van der Waals surface area contributed by atoms with Gasteiger partial charge in [-0.2, -0.15) is 0 Å². The minimum atomic E-state index is -0.925. The van der Waals surface area contributed by atoms with Crippen LogP contribution >= 0.6 is 0 Å². The molecule has 2 bridgehead atoms. The summed E-state index contributed by atoms with van der Waals surface area (Å²) in [6.45, 7) is 0.783. The molecule has 2 rings (SSSR count). The van der Waals surface area contributed by atoms with Gasteiger partial charge in [0.2, 0.25) is 0 Å². The number of nitrogens with zero attached hydrogens (tertiary/aromatic N) is 1. The van der Waals surface area contributed by atoms with E-state index in [2.05, 4.69) is 0 Å². The summed E-state index contributed by atoms with van der Waals surface area (Å²) in [5.41, 5.74) is 0. The lowest BCUT2D eigenvalue weighted by atomic mass is 9.85. The molecule has 1 saturated carbocycles. The van der Waals surface area contributed by atoms with Gasteiger partial charge in [0.05, 0.1) is 5.92 Å². The van der Waals surface area contributed by atoms with Gasteiger partial charge in [0.15, 0.2) is 0 Å². The molecule has 78 valence electrons. The van der Waals surface area contributed by atoms with Crippen LogP contribution in [0.25, 0.3) is 0 Å². The summed E-state index contributed by atoms with van der Waals surface area (Å²) < 4.78 is 0. The van der Waals surface area contributed by atoms with Crippen LogP contribution in [-0.2, 0) is 4.79 Å². The quantitative estimate of drug-likeness (QED) is 0.651. The molecule has 2 aliphatic rings. The van der Waals surface area contributed by atoms with Crippen molar-refractivity contribution in [2.75, 3.05) is 13.1 Å². The van der Waals surface area contributed by atoms with Gasteiger partial charge in [-0.15, -0.1) is 0 Å². The number of rotatable bonds is 1. The molecule has 2 N–H and O–H groups in total. The van der Waals surface area contributed by atoms with E-state index in [0.29, 0.717) is 13.1 Å². The van der Waals surface area contributed by atoms with Crippen LogP contribution in [0.1, 0.15) is 12.8 Å². The zero-order valence-corrected chi connectivity index (χ0v) is 7.72. The van der Waals surface area contributed by atoms with Crippen LogP contribution in [0.2, 0.25) is 0 Å². The van der Waals surface area contributed by atoms with Crippen molar-refractivity contribution in [3.63, 3.8) is 0 Å². The summed E-state index contributed by atoms with van der Waals surface area (Å²) in [5.74, 6) is -1.02. The summed E-state index contributed by atoms with van der Waals surface area (Å²) in [6, 6.07) is 0. The topological polar surface area (TPSA) is 77.8 Å². The van der Waals surface area contributed by atoms with Crippen LogP contribution in [0.5, 0.6) is 0 Å². The number of amides is 1. The lowest BCUT2D eigenvalue weighted by Crippen LogP contribution is -2.46. The number of hydrogen-bond acceptors (Lipinski definition) is 2. The lowest BCUT2D eigenvalue weighted by molar-refractivity contribution is -0.146. The Morgan fingerprint density at radius 2 is 1.57 bits per heavy atom. The highest BCUT2D eigenvalue weighted by Gasteiger charge is 2.46. The number of likely N-dealkylation sites (tertiary alicyclic amines) is 1. The van der Waals surface area contributed by atoms with E-state index in [1.54, 1.807) is 0 Å². The van der Waals surface area contributed by atoms with E-state index < -0.39 is 12.1 Å². The first-order valence-electron chi connectivity index (χ1n) is 4.80. The highest BCUT2D eigenvalue weighted by molar-refractivity contribution is 5.72. The fourth-order valence-electron chi connectivity index (χ4n) is 2.78. The molecule has 0 spiro atoms. The second kappa shape index (κ2) is 3.15. The number of hydrogen-bond donors (Lipinski definition) is 2. The van der Waals surface area contributed by atoms with E-state index in [1.807, 2.05) is 0 Å². The standard InChI is InChI=1S/C9H13NO4/c11-8(12)7-5-1-2-6(7)4-10(3-5)9(13)14/h5-7H,1-4H2,(H,11,12)(H,13,14). The number of carbonyl (C=O) groups is 2. The molecule has 0 radical (unpaired) electrons. The molecule has 2 unspecified atom stereocenters. The van der Waals surface area contributed by atoms with Gasteiger partial charge in [-0.1, -0.05) is 0 Å². The predicted octanol–water partition coefficient (Wildman–Crippen LogP) is 0.707. The van der Waals surface area contributed by atoms with Crippen molar-refractivity contribution in [2.24, 2.45) is 17.8 Å². The van der Waals surface area contributed by atoms with Gasteiger partial charge in [0.1, 0.15) is 0 Å². The Morgan fingerprint density at radius 3 is 1.93 bits per heavy atom. The Kier molecular flexibility index (Phi) is 2.09. The monoisotopic (exact) mass is 199 g/mol. The van der Waals surface area contributed by atoms with E-state index in [9.17, 15) is 9.59 Å². The SMILES string of the molecule is O=C(O)C1C2CCC1CN(C(=O)O)C2. The Balaban J connectivity index is 2.12. The molecule has 1 heterocycles. The normalized spacial score (nSPS) is 35.7. The average Bonchev–Trinajstić information content (AvgIpc) is 2.37. The molecular formula is C9H13NO4. The van der Waals surface area contributed by atoms with Crippen LogP contribution in [-0.4, -0.2) is 40.3 Å². The van der Waals surface area contributed by atoms with Crippen molar-refractivity contribution >= 4 is 12.1 Å². The van der Waals surface area contributed by atoms with Gasteiger partial charge < -0.3 is 15.1 Å². The molecule has 1 aliphatic carbocycles. The third-order valence-corrected chi connectivity index (χ3v) is 3.39. The molecule has 14 heavy (non-hydrogen) atoms. The predicted molar refractivity (Wildman–Crippen MR) is 46.9 cm³/mol. The van der Waals surface area contributed by atoms with Crippen molar-refractivity contribution in [3.05, 3.63) is 0 Å². The van der Waals surface area contributed by atoms with Gasteiger partial charge in [-0.05, 0) is 24.7 Å². The first-order chi connectivity index (χ1) is 6.59. The van der Waals surface area contributed by atoms with Crippen LogP contribution in [0.3, 0.4) is 0 Å². The summed E-state index contributed by atoms with van der Waals surface area (Å²) in [5, 5.41) is 17.8. The largest absolute Gasteiger partial charge is 0.481 e. The first-order valence-corrected chi connectivity index (χ1v) is 4.80. The molecule has 0 aromatic carbocycles. The first kappa shape index (κ1) is 9.30. The van der Waals surface area contributed by atoms with Crippen LogP contribution in [0.4, 0.5) is 4.79 Å². The van der Waals surface area contributed by atoms with Crippen molar-refractivity contribution in [2.45, 2.75) is 12.8 Å².